The number of carboxylic acids is 1. The summed E-state index contributed by atoms with van der Waals surface area (Å²) < 4.78 is 37.6. The third-order valence-electron chi connectivity index (χ3n) is 3.50. The Hall–Kier alpha value is -1.90. The standard InChI is InChI=1S/C11H15N3O.C2HF3O2/c1-2-9-6-10(5-8(1)14-9)15-11-7-12-3-4-13-11;3-2(4,5)1(6)7/h3-4,7-10,14H,1-2,5-6H2;(H,6,7)/t8-,9+,10-;. The molecule has 122 valence electrons. The lowest BCUT2D eigenvalue weighted by atomic mass is 10.0. The Morgan fingerprint density at radius 2 is 1.86 bits per heavy atom. The molecule has 1 aromatic heterocycles. The van der Waals surface area contributed by atoms with E-state index in [2.05, 4.69) is 15.3 Å². The Labute approximate surface area is 124 Å². The Morgan fingerprint density at radius 3 is 2.32 bits per heavy atom. The zero-order chi connectivity index (χ0) is 16.2. The van der Waals surface area contributed by atoms with Crippen LogP contribution < -0.4 is 10.1 Å². The van der Waals surface area contributed by atoms with Gasteiger partial charge in [-0.3, -0.25) is 4.98 Å². The third-order valence-corrected chi connectivity index (χ3v) is 3.50. The summed E-state index contributed by atoms with van der Waals surface area (Å²) in [7, 11) is 0. The summed E-state index contributed by atoms with van der Waals surface area (Å²) in [5.74, 6) is -2.10. The third kappa shape index (κ3) is 4.83. The van der Waals surface area contributed by atoms with Gasteiger partial charge in [0.2, 0.25) is 5.88 Å². The van der Waals surface area contributed by atoms with E-state index in [0.717, 1.165) is 12.8 Å². The van der Waals surface area contributed by atoms with Gasteiger partial charge in [0.25, 0.3) is 0 Å². The zero-order valence-electron chi connectivity index (χ0n) is 11.6. The van der Waals surface area contributed by atoms with Gasteiger partial charge in [0, 0.05) is 24.5 Å². The first-order chi connectivity index (χ1) is 10.3. The highest BCUT2D eigenvalue weighted by Gasteiger charge is 2.38. The van der Waals surface area contributed by atoms with E-state index in [-0.39, 0.29) is 0 Å². The summed E-state index contributed by atoms with van der Waals surface area (Å²) in [5.41, 5.74) is 0. The minimum Gasteiger partial charge on any atom is -0.475 e. The van der Waals surface area contributed by atoms with Crippen LogP contribution in [0.1, 0.15) is 25.7 Å². The number of alkyl halides is 3. The van der Waals surface area contributed by atoms with Crippen LogP contribution in [0.4, 0.5) is 13.2 Å². The molecular formula is C13H16F3N3O3. The summed E-state index contributed by atoms with van der Waals surface area (Å²) in [6, 6.07) is 1.32. The molecule has 2 fully saturated rings. The van der Waals surface area contributed by atoms with Crippen LogP contribution in [0.5, 0.6) is 5.88 Å². The van der Waals surface area contributed by atoms with Crippen LogP contribution in [0.25, 0.3) is 0 Å². The Bertz CT molecular complexity index is 486. The number of ether oxygens (including phenoxy) is 1. The lowest BCUT2D eigenvalue weighted by molar-refractivity contribution is -0.192. The molecule has 3 atom stereocenters. The molecule has 0 radical (unpaired) electrons. The Kier molecular flexibility index (Phi) is 5.17. The van der Waals surface area contributed by atoms with Gasteiger partial charge in [-0.05, 0) is 25.7 Å². The van der Waals surface area contributed by atoms with Crippen LogP contribution in [0.3, 0.4) is 0 Å². The van der Waals surface area contributed by atoms with Gasteiger partial charge in [-0.15, -0.1) is 0 Å². The molecule has 0 aromatic carbocycles. The summed E-state index contributed by atoms with van der Waals surface area (Å²) in [5, 5.41) is 10.7. The number of hydrogen-bond donors (Lipinski definition) is 2. The summed E-state index contributed by atoms with van der Waals surface area (Å²) >= 11 is 0. The maximum absolute atomic E-state index is 10.6. The minimum atomic E-state index is -5.08. The van der Waals surface area contributed by atoms with E-state index in [1.807, 2.05) is 0 Å². The predicted molar refractivity (Wildman–Crippen MR) is 69.3 cm³/mol. The van der Waals surface area contributed by atoms with Crippen molar-refractivity contribution in [2.24, 2.45) is 0 Å². The molecule has 2 aliphatic rings. The van der Waals surface area contributed by atoms with E-state index in [4.69, 9.17) is 14.6 Å². The van der Waals surface area contributed by atoms with Crippen molar-refractivity contribution in [3.63, 3.8) is 0 Å². The highest BCUT2D eigenvalue weighted by atomic mass is 19.4. The SMILES string of the molecule is O=C(O)C(F)(F)F.c1cnc(O[C@@H]2C[C@H]3CC[C@@H](C2)N3)cn1. The summed E-state index contributed by atoms with van der Waals surface area (Å²) in [4.78, 5) is 17.0. The number of nitrogens with one attached hydrogen (secondary N) is 1. The van der Waals surface area contributed by atoms with Crippen molar-refractivity contribution in [1.82, 2.24) is 15.3 Å². The fourth-order valence-electron chi connectivity index (χ4n) is 2.62. The molecule has 9 heteroatoms. The van der Waals surface area contributed by atoms with Crippen molar-refractivity contribution < 1.29 is 27.8 Å². The lowest BCUT2D eigenvalue weighted by Crippen LogP contribution is -2.42. The first-order valence-corrected chi connectivity index (χ1v) is 6.83. The van der Waals surface area contributed by atoms with Crippen molar-refractivity contribution >= 4 is 5.97 Å². The maximum Gasteiger partial charge on any atom is 0.490 e. The number of piperidine rings is 1. The van der Waals surface area contributed by atoms with E-state index in [1.54, 1.807) is 18.6 Å². The van der Waals surface area contributed by atoms with E-state index in [1.165, 1.54) is 12.8 Å². The van der Waals surface area contributed by atoms with E-state index in [0.29, 0.717) is 24.1 Å². The monoisotopic (exact) mass is 319 g/mol. The quantitative estimate of drug-likeness (QED) is 0.864. The van der Waals surface area contributed by atoms with Crippen molar-refractivity contribution in [2.75, 3.05) is 0 Å². The maximum atomic E-state index is 10.6. The molecule has 3 heterocycles. The van der Waals surface area contributed by atoms with Gasteiger partial charge in [0.1, 0.15) is 6.10 Å². The number of carbonyl (C=O) groups is 1. The van der Waals surface area contributed by atoms with Gasteiger partial charge in [-0.2, -0.15) is 13.2 Å². The van der Waals surface area contributed by atoms with Crippen LogP contribution in [0.2, 0.25) is 0 Å². The number of hydrogen-bond acceptors (Lipinski definition) is 5. The van der Waals surface area contributed by atoms with Gasteiger partial charge in [-0.25, -0.2) is 9.78 Å². The van der Waals surface area contributed by atoms with Crippen molar-refractivity contribution in [3.8, 4) is 5.88 Å². The average Bonchev–Trinajstić information content (AvgIpc) is 2.79. The van der Waals surface area contributed by atoms with Crippen molar-refractivity contribution in [2.45, 2.75) is 50.0 Å². The summed E-state index contributed by atoms with van der Waals surface area (Å²) in [6.45, 7) is 0. The summed E-state index contributed by atoms with van der Waals surface area (Å²) in [6.07, 6.45) is 5.06. The first-order valence-electron chi connectivity index (χ1n) is 6.83. The molecule has 0 saturated carbocycles. The second-order valence-corrected chi connectivity index (χ2v) is 5.20. The predicted octanol–water partition coefficient (Wildman–Crippen LogP) is 1.77. The van der Waals surface area contributed by atoms with Crippen LogP contribution in [-0.4, -0.2) is 45.4 Å². The molecule has 0 unspecified atom stereocenters. The van der Waals surface area contributed by atoms with Gasteiger partial charge in [0.05, 0.1) is 6.20 Å². The smallest absolute Gasteiger partial charge is 0.475 e. The van der Waals surface area contributed by atoms with Crippen LogP contribution in [0.15, 0.2) is 18.6 Å². The number of halogens is 3. The van der Waals surface area contributed by atoms with Crippen molar-refractivity contribution in [3.05, 3.63) is 18.6 Å². The zero-order valence-corrected chi connectivity index (χ0v) is 11.6. The average molecular weight is 319 g/mol. The number of fused-ring (bicyclic) bond motifs is 2. The van der Waals surface area contributed by atoms with Crippen molar-refractivity contribution in [1.29, 1.82) is 0 Å². The largest absolute Gasteiger partial charge is 0.490 e. The second kappa shape index (κ2) is 6.91. The molecule has 0 aliphatic carbocycles. The van der Waals surface area contributed by atoms with Gasteiger partial charge < -0.3 is 15.2 Å². The highest BCUT2D eigenvalue weighted by Crippen LogP contribution is 2.28. The molecule has 0 spiro atoms. The van der Waals surface area contributed by atoms with Gasteiger partial charge >= 0.3 is 12.1 Å². The Morgan fingerprint density at radius 1 is 1.27 bits per heavy atom. The molecule has 2 saturated heterocycles. The first kappa shape index (κ1) is 16.5. The van der Waals surface area contributed by atoms with Gasteiger partial charge in [-0.1, -0.05) is 0 Å². The van der Waals surface area contributed by atoms with Crippen LogP contribution >= 0.6 is 0 Å². The fourth-order valence-corrected chi connectivity index (χ4v) is 2.62. The molecule has 6 nitrogen and oxygen atoms in total. The normalized spacial score (nSPS) is 26.8. The van der Waals surface area contributed by atoms with E-state index in [9.17, 15) is 13.2 Å². The lowest BCUT2D eigenvalue weighted by Gasteiger charge is -2.28. The fraction of sp³-hybridized carbons (Fsp3) is 0.615. The second-order valence-electron chi connectivity index (χ2n) is 5.20. The molecule has 2 bridgehead atoms. The molecule has 2 N–H and O–H groups in total. The molecule has 22 heavy (non-hydrogen) atoms. The molecule has 0 amide bonds. The number of rotatable bonds is 2. The number of nitrogens with zero attached hydrogens (tertiary/aromatic N) is 2. The molecule has 2 aliphatic heterocycles. The number of carboxylic acid groups (broad SMARTS) is 1. The van der Waals surface area contributed by atoms with E-state index >= 15 is 0 Å². The highest BCUT2D eigenvalue weighted by molar-refractivity contribution is 5.73. The minimum absolute atomic E-state index is 0.320. The van der Waals surface area contributed by atoms with E-state index < -0.39 is 12.1 Å². The molecular weight excluding hydrogens is 303 g/mol. The topological polar surface area (TPSA) is 84.3 Å². The number of aliphatic carboxylic acids is 1. The molecule has 3 rings (SSSR count). The number of aromatic nitrogens is 2. The van der Waals surface area contributed by atoms with Crippen LogP contribution in [-0.2, 0) is 4.79 Å². The Balaban J connectivity index is 0.000000217. The molecule has 1 aromatic rings. The van der Waals surface area contributed by atoms with Gasteiger partial charge in [0.15, 0.2) is 0 Å². The van der Waals surface area contributed by atoms with Crippen LogP contribution in [0, 0.1) is 0 Å².